The summed E-state index contributed by atoms with van der Waals surface area (Å²) in [6, 6.07) is 0. The van der Waals surface area contributed by atoms with Gasteiger partial charge in [0, 0.05) is 12.3 Å². The van der Waals surface area contributed by atoms with Crippen LogP contribution in [-0.2, 0) is 19.1 Å². The van der Waals surface area contributed by atoms with Gasteiger partial charge in [-0.3, -0.25) is 9.59 Å². The lowest BCUT2D eigenvalue weighted by Crippen LogP contribution is -2.42. The van der Waals surface area contributed by atoms with Gasteiger partial charge in [-0.05, 0) is 49.0 Å². The molecule has 2 aliphatic carbocycles. The molecule has 0 aromatic rings. The largest absolute Gasteiger partial charge is 0.462 e. The fourth-order valence-electron chi connectivity index (χ4n) is 5.07. The first-order valence-electron chi connectivity index (χ1n) is 11.3. The molecule has 1 aliphatic heterocycles. The van der Waals surface area contributed by atoms with Crippen LogP contribution in [0.2, 0.25) is 0 Å². The lowest BCUT2D eigenvalue weighted by atomic mass is 9.65. The molecule has 0 aromatic carbocycles. The van der Waals surface area contributed by atoms with Crippen molar-refractivity contribution in [3.05, 3.63) is 23.8 Å². The molecule has 8 atom stereocenters. The van der Waals surface area contributed by atoms with E-state index >= 15 is 0 Å². The van der Waals surface area contributed by atoms with Crippen molar-refractivity contribution in [1.29, 1.82) is 0 Å². The molecule has 0 bridgehead atoms. The minimum absolute atomic E-state index is 0.0854. The topological polar surface area (TPSA) is 72.8 Å². The number of aliphatic hydroxyl groups is 1. The quantitative estimate of drug-likeness (QED) is 0.672. The number of allylic oxidation sites excluding steroid dienone is 3. The van der Waals surface area contributed by atoms with Gasteiger partial charge in [0.1, 0.15) is 12.2 Å². The van der Waals surface area contributed by atoms with E-state index < -0.39 is 6.10 Å². The number of cyclic esters (lactones) is 1. The maximum absolute atomic E-state index is 12.5. The SMILES string of the molecule is CC[C@H](C)C(=O)O[C@H]1C[C@@H](C)C=C2C=C[C@H](C)[C@H](CC[C@@H]3CC(O)CC(=O)O3)C21. The minimum atomic E-state index is -0.597. The minimum Gasteiger partial charge on any atom is -0.462 e. The molecule has 29 heavy (non-hydrogen) atoms. The molecule has 162 valence electrons. The summed E-state index contributed by atoms with van der Waals surface area (Å²) in [5, 5.41) is 9.89. The first kappa shape index (κ1) is 22.1. The number of carbonyl (C=O) groups is 2. The number of ether oxygens (including phenoxy) is 2. The summed E-state index contributed by atoms with van der Waals surface area (Å²) in [6.07, 6.45) is 9.70. The number of rotatable bonds is 6. The lowest BCUT2D eigenvalue weighted by Gasteiger charge is -2.43. The molecule has 0 saturated carbocycles. The Kier molecular flexibility index (Phi) is 7.20. The Morgan fingerprint density at radius 1 is 1.31 bits per heavy atom. The van der Waals surface area contributed by atoms with Gasteiger partial charge in [0.05, 0.1) is 18.4 Å². The number of hydrogen-bond donors (Lipinski definition) is 1. The monoisotopic (exact) mass is 404 g/mol. The smallest absolute Gasteiger partial charge is 0.308 e. The molecule has 1 heterocycles. The number of aliphatic hydroxyl groups excluding tert-OH is 1. The molecule has 0 spiro atoms. The average molecular weight is 405 g/mol. The molecule has 2 unspecified atom stereocenters. The Morgan fingerprint density at radius 2 is 2.07 bits per heavy atom. The summed E-state index contributed by atoms with van der Waals surface area (Å²) in [4.78, 5) is 24.2. The van der Waals surface area contributed by atoms with E-state index in [0.717, 1.165) is 25.7 Å². The second-order valence-electron chi connectivity index (χ2n) is 9.36. The van der Waals surface area contributed by atoms with E-state index in [0.29, 0.717) is 24.2 Å². The summed E-state index contributed by atoms with van der Waals surface area (Å²) in [6.45, 7) is 8.33. The van der Waals surface area contributed by atoms with Gasteiger partial charge in [0.15, 0.2) is 0 Å². The van der Waals surface area contributed by atoms with Crippen LogP contribution in [0.5, 0.6) is 0 Å². The van der Waals surface area contributed by atoms with Gasteiger partial charge in [-0.25, -0.2) is 0 Å². The fraction of sp³-hybridized carbons (Fsp3) is 0.750. The third-order valence-electron chi connectivity index (χ3n) is 6.93. The van der Waals surface area contributed by atoms with Crippen LogP contribution in [0.1, 0.15) is 66.2 Å². The van der Waals surface area contributed by atoms with Crippen molar-refractivity contribution in [2.75, 3.05) is 0 Å². The molecule has 0 aromatic heterocycles. The van der Waals surface area contributed by atoms with E-state index in [2.05, 4.69) is 32.1 Å². The molecule has 0 radical (unpaired) electrons. The summed E-state index contributed by atoms with van der Waals surface area (Å²) in [7, 11) is 0. The van der Waals surface area contributed by atoms with Gasteiger partial charge in [-0.1, -0.05) is 45.9 Å². The van der Waals surface area contributed by atoms with E-state index in [1.807, 2.05) is 13.8 Å². The highest BCUT2D eigenvalue weighted by atomic mass is 16.5. The van der Waals surface area contributed by atoms with Gasteiger partial charge in [0.25, 0.3) is 0 Å². The third-order valence-corrected chi connectivity index (χ3v) is 6.93. The van der Waals surface area contributed by atoms with Crippen LogP contribution in [0.25, 0.3) is 0 Å². The van der Waals surface area contributed by atoms with Gasteiger partial charge in [-0.2, -0.15) is 0 Å². The summed E-state index contributed by atoms with van der Waals surface area (Å²) < 4.78 is 11.5. The first-order valence-corrected chi connectivity index (χ1v) is 11.3. The van der Waals surface area contributed by atoms with Crippen molar-refractivity contribution in [3.63, 3.8) is 0 Å². The number of fused-ring (bicyclic) bond motifs is 1. The average Bonchev–Trinajstić information content (AvgIpc) is 2.65. The Labute approximate surface area is 174 Å². The molecule has 3 rings (SSSR count). The van der Waals surface area contributed by atoms with Crippen molar-refractivity contribution in [3.8, 4) is 0 Å². The van der Waals surface area contributed by atoms with Crippen LogP contribution in [-0.4, -0.2) is 35.4 Å². The highest BCUT2D eigenvalue weighted by Gasteiger charge is 2.42. The van der Waals surface area contributed by atoms with Crippen LogP contribution >= 0.6 is 0 Å². The first-order chi connectivity index (χ1) is 13.8. The predicted molar refractivity (Wildman–Crippen MR) is 111 cm³/mol. The zero-order valence-corrected chi connectivity index (χ0v) is 18.2. The molecule has 1 saturated heterocycles. The summed E-state index contributed by atoms with van der Waals surface area (Å²) >= 11 is 0. The maximum Gasteiger partial charge on any atom is 0.308 e. The van der Waals surface area contributed by atoms with Crippen molar-refractivity contribution < 1.29 is 24.2 Å². The molecule has 1 fully saturated rings. The van der Waals surface area contributed by atoms with E-state index in [9.17, 15) is 14.7 Å². The van der Waals surface area contributed by atoms with Crippen LogP contribution in [0.15, 0.2) is 23.8 Å². The van der Waals surface area contributed by atoms with Gasteiger partial charge in [0.2, 0.25) is 0 Å². The number of esters is 2. The van der Waals surface area contributed by atoms with Crippen LogP contribution in [0, 0.1) is 29.6 Å². The third kappa shape index (κ3) is 5.30. The molecular weight excluding hydrogens is 368 g/mol. The lowest BCUT2D eigenvalue weighted by molar-refractivity contribution is -0.162. The summed E-state index contributed by atoms with van der Waals surface area (Å²) in [5.74, 6) is 0.755. The van der Waals surface area contributed by atoms with Crippen LogP contribution in [0.4, 0.5) is 0 Å². The van der Waals surface area contributed by atoms with E-state index in [-0.39, 0.29) is 42.4 Å². The van der Waals surface area contributed by atoms with Crippen molar-refractivity contribution in [2.24, 2.45) is 29.6 Å². The predicted octanol–water partition coefficient (Wildman–Crippen LogP) is 4.20. The maximum atomic E-state index is 12.5. The highest BCUT2D eigenvalue weighted by Crippen LogP contribution is 2.45. The van der Waals surface area contributed by atoms with Crippen molar-refractivity contribution >= 4 is 11.9 Å². The number of carbonyl (C=O) groups excluding carboxylic acids is 2. The van der Waals surface area contributed by atoms with Gasteiger partial charge in [-0.15, -0.1) is 0 Å². The second-order valence-corrected chi connectivity index (χ2v) is 9.36. The Morgan fingerprint density at radius 3 is 2.76 bits per heavy atom. The van der Waals surface area contributed by atoms with Crippen molar-refractivity contribution in [1.82, 2.24) is 0 Å². The molecule has 0 amide bonds. The zero-order valence-electron chi connectivity index (χ0n) is 18.2. The van der Waals surface area contributed by atoms with Gasteiger partial charge < -0.3 is 14.6 Å². The Balaban J connectivity index is 1.74. The van der Waals surface area contributed by atoms with E-state index in [1.165, 1.54) is 5.57 Å². The van der Waals surface area contributed by atoms with Crippen LogP contribution < -0.4 is 0 Å². The van der Waals surface area contributed by atoms with Crippen LogP contribution in [0.3, 0.4) is 0 Å². The Bertz CT molecular complexity index is 666. The molecule has 1 N–H and O–H groups in total. The highest BCUT2D eigenvalue weighted by molar-refractivity contribution is 5.72. The van der Waals surface area contributed by atoms with E-state index in [1.54, 1.807) is 0 Å². The molecule has 5 heteroatoms. The number of hydrogen-bond acceptors (Lipinski definition) is 5. The molecule has 5 nitrogen and oxygen atoms in total. The zero-order chi connectivity index (χ0) is 21.1. The fourth-order valence-corrected chi connectivity index (χ4v) is 5.07. The normalized spacial score (nSPS) is 37.9. The molecule has 3 aliphatic rings. The van der Waals surface area contributed by atoms with E-state index in [4.69, 9.17) is 9.47 Å². The Hall–Kier alpha value is -1.62. The van der Waals surface area contributed by atoms with Crippen molar-refractivity contribution in [2.45, 2.75) is 84.5 Å². The summed E-state index contributed by atoms with van der Waals surface area (Å²) in [5.41, 5.74) is 1.27. The second kappa shape index (κ2) is 9.46. The molecular formula is C24H36O5. The van der Waals surface area contributed by atoms with Gasteiger partial charge >= 0.3 is 11.9 Å². The standard InChI is InChI=1S/C24H36O5/c1-5-15(3)24(27)29-21-11-14(2)10-17-7-6-16(4)20(23(17)21)9-8-19-12-18(25)13-22(26)28-19/h6-7,10,14-16,18-21,23,25H,5,8-9,11-13H2,1-4H3/t14-,15-,16-,18?,19+,20-,21-,23?/m0/s1.